The Morgan fingerprint density at radius 2 is 1.17 bits per heavy atom. The van der Waals surface area contributed by atoms with E-state index in [1.165, 1.54) is 0 Å². The lowest BCUT2D eigenvalue weighted by molar-refractivity contribution is 0.239. The largest absolute Gasteiger partial charge is 0.474 e. The van der Waals surface area contributed by atoms with Gasteiger partial charge in [0.25, 0.3) is 0 Å². The number of benzene rings is 7. The molecule has 0 amide bonds. The summed E-state index contributed by atoms with van der Waals surface area (Å²) in [6.07, 6.45) is 3.91. The molecule has 42 heavy (non-hydrogen) atoms. The Hall–Kier alpha value is -5.54. The first-order valence-electron chi connectivity index (χ1n) is 14.1. The molecule has 0 saturated heterocycles. The quantitative estimate of drug-likeness (QED) is 0.196. The molecule has 1 atom stereocenters. The highest BCUT2D eigenvalue weighted by Crippen LogP contribution is 2.51. The van der Waals surface area contributed by atoms with Gasteiger partial charge in [-0.3, -0.25) is 0 Å². The van der Waals surface area contributed by atoms with Gasteiger partial charge in [0.05, 0.1) is 0 Å². The minimum atomic E-state index is -0.285. The highest BCUT2D eigenvalue weighted by Gasteiger charge is 2.26. The van der Waals surface area contributed by atoms with Gasteiger partial charge in [-0.25, -0.2) is 0 Å². The molecule has 0 heterocycles. The Morgan fingerprint density at radius 1 is 0.452 bits per heavy atom. The second-order valence-corrected chi connectivity index (χ2v) is 10.4. The topological polar surface area (TPSA) is 27.7 Å². The van der Waals surface area contributed by atoms with E-state index < -0.39 is 0 Å². The lowest BCUT2D eigenvalue weighted by Gasteiger charge is -2.23. The second-order valence-electron chi connectivity index (χ2n) is 10.4. The predicted molar refractivity (Wildman–Crippen MR) is 171 cm³/mol. The summed E-state index contributed by atoms with van der Waals surface area (Å²) in [6, 6.07) is 47.3. The van der Waals surface area contributed by atoms with Crippen molar-refractivity contribution < 1.29 is 14.2 Å². The number of rotatable bonds is 6. The number of fused-ring (bicyclic) bond motifs is 5. The number of hydrogen-bond acceptors (Lipinski definition) is 3. The summed E-state index contributed by atoms with van der Waals surface area (Å²) in [5.74, 6) is 3.25. The highest BCUT2D eigenvalue weighted by atomic mass is 16.5. The van der Waals surface area contributed by atoms with Crippen LogP contribution in [0.3, 0.4) is 0 Å². The Morgan fingerprint density at radius 3 is 2.05 bits per heavy atom. The molecule has 0 spiro atoms. The molecule has 0 saturated carbocycles. The molecule has 3 heteroatoms. The Labute approximate surface area is 243 Å². The van der Waals surface area contributed by atoms with E-state index in [4.69, 9.17) is 14.2 Å². The Balaban J connectivity index is 1.39. The summed E-state index contributed by atoms with van der Waals surface area (Å²) in [5, 5.41) is 6.38. The van der Waals surface area contributed by atoms with Crippen molar-refractivity contribution in [2.45, 2.75) is 6.10 Å². The van der Waals surface area contributed by atoms with Crippen molar-refractivity contribution in [2.24, 2.45) is 0 Å². The zero-order chi connectivity index (χ0) is 27.9. The molecule has 3 nitrogen and oxygen atoms in total. The monoisotopic (exact) mass is 542 g/mol. The summed E-state index contributed by atoms with van der Waals surface area (Å²) in [7, 11) is 0. The fraction of sp³-hybridized carbons (Fsp3) is 0.0256. The number of ether oxygens (including phenoxy) is 3. The van der Waals surface area contributed by atoms with Gasteiger partial charge in [-0.1, -0.05) is 115 Å². The van der Waals surface area contributed by atoms with E-state index in [1.807, 2.05) is 66.7 Å². The van der Waals surface area contributed by atoms with Gasteiger partial charge in [0.2, 0.25) is 5.75 Å². The highest BCUT2D eigenvalue weighted by molar-refractivity contribution is 6.11. The van der Waals surface area contributed by atoms with Gasteiger partial charge in [0, 0.05) is 16.3 Å². The average Bonchev–Trinajstić information content (AvgIpc) is 3.46. The third-order valence-electron chi connectivity index (χ3n) is 7.85. The Kier molecular flexibility index (Phi) is 5.86. The van der Waals surface area contributed by atoms with Crippen LogP contribution < -0.4 is 14.2 Å². The van der Waals surface area contributed by atoms with E-state index >= 15 is 0 Å². The van der Waals surface area contributed by atoms with Crippen LogP contribution in [0.25, 0.3) is 38.4 Å². The molecule has 0 bridgehead atoms. The van der Waals surface area contributed by atoms with Gasteiger partial charge in [-0.05, 0) is 63.5 Å². The van der Waals surface area contributed by atoms with E-state index in [0.29, 0.717) is 17.2 Å². The summed E-state index contributed by atoms with van der Waals surface area (Å²) < 4.78 is 20.4. The van der Waals surface area contributed by atoms with Crippen LogP contribution in [-0.4, -0.2) is 0 Å². The molecule has 7 aromatic carbocycles. The standard InChI is InChI=1S/C39H26O3/c1-2-15-29(16-3-1)40-37-25-34-30-17-7-4-12-27(30)21-23-33(34)38(41-35-20-10-14-26-11-5-8-18-31(26)35)39(37)42-36-24-22-28-13-6-9-19-32(28)36/h1-25,36H. The molecular weight excluding hydrogens is 516 g/mol. The summed E-state index contributed by atoms with van der Waals surface area (Å²) in [6.45, 7) is 0. The minimum Gasteiger partial charge on any atom is -0.474 e. The SMILES string of the molecule is C1=CC(Oc2c(Oc3ccccc3)cc3c(ccc4ccccc43)c2Oc2cccc3ccccc23)c2ccccc21. The van der Waals surface area contributed by atoms with Gasteiger partial charge >= 0.3 is 0 Å². The molecule has 0 radical (unpaired) electrons. The predicted octanol–water partition coefficient (Wildman–Crippen LogP) is 10.9. The summed E-state index contributed by atoms with van der Waals surface area (Å²) >= 11 is 0. The van der Waals surface area contributed by atoms with E-state index in [0.717, 1.165) is 54.9 Å². The van der Waals surface area contributed by atoms with Gasteiger partial charge in [-0.15, -0.1) is 0 Å². The normalized spacial score (nSPS) is 13.9. The van der Waals surface area contributed by atoms with Crippen molar-refractivity contribution in [3.05, 3.63) is 157 Å². The van der Waals surface area contributed by atoms with Crippen LogP contribution in [0.4, 0.5) is 0 Å². The molecule has 0 fully saturated rings. The maximum Gasteiger partial charge on any atom is 0.206 e. The molecule has 0 aliphatic heterocycles. The van der Waals surface area contributed by atoms with Crippen LogP contribution >= 0.6 is 0 Å². The fourth-order valence-corrected chi connectivity index (χ4v) is 5.83. The molecule has 1 aliphatic carbocycles. The zero-order valence-corrected chi connectivity index (χ0v) is 22.7. The smallest absolute Gasteiger partial charge is 0.206 e. The van der Waals surface area contributed by atoms with Crippen molar-refractivity contribution in [2.75, 3.05) is 0 Å². The lowest BCUT2D eigenvalue weighted by Crippen LogP contribution is -2.06. The van der Waals surface area contributed by atoms with Crippen LogP contribution in [0.15, 0.2) is 146 Å². The van der Waals surface area contributed by atoms with Crippen LogP contribution in [0.2, 0.25) is 0 Å². The molecule has 8 rings (SSSR count). The zero-order valence-electron chi connectivity index (χ0n) is 22.7. The van der Waals surface area contributed by atoms with Gasteiger partial charge in [0.15, 0.2) is 11.5 Å². The van der Waals surface area contributed by atoms with Gasteiger partial charge < -0.3 is 14.2 Å². The molecule has 7 aromatic rings. The van der Waals surface area contributed by atoms with Crippen molar-refractivity contribution in [1.29, 1.82) is 0 Å². The average molecular weight is 543 g/mol. The summed E-state index contributed by atoms with van der Waals surface area (Å²) in [5.41, 5.74) is 2.26. The fourth-order valence-electron chi connectivity index (χ4n) is 5.83. The molecule has 1 unspecified atom stereocenters. The van der Waals surface area contributed by atoms with Crippen LogP contribution in [0.5, 0.6) is 28.7 Å². The molecule has 1 aliphatic rings. The first kappa shape index (κ1) is 24.3. The first-order valence-corrected chi connectivity index (χ1v) is 14.1. The maximum atomic E-state index is 6.93. The number of hydrogen-bond donors (Lipinski definition) is 0. The van der Waals surface area contributed by atoms with Crippen molar-refractivity contribution in [3.63, 3.8) is 0 Å². The van der Waals surface area contributed by atoms with Crippen molar-refractivity contribution in [1.82, 2.24) is 0 Å². The molecule has 0 N–H and O–H groups in total. The number of para-hydroxylation sites is 1. The molecule has 0 aromatic heterocycles. The van der Waals surface area contributed by atoms with Crippen LogP contribution in [0, 0.1) is 0 Å². The Bertz CT molecular complexity index is 2120. The van der Waals surface area contributed by atoms with Gasteiger partial charge in [-0.2, -0.15) is 0 Å². The third-order valence-corrected chi connectivity index (χ3v) is 7.85. The van der Waals surface area contributed by atoms with Crippen LogP contribution in [-0.2, 0) is 0 Å². The van der Waals surface area contributed by atoms with Crippen molar-refractivity contribution in [3.8, 4) is 28.7 Å². The maximum absolute atomic E-state index is 6.93. The summed E-state index contributed by atoms with van der Waals surface area (Å²) in [4.78, 5) is 0. The van der Waals surface area contributed by atoms with Crippen molar-refractivity contribution >= 4 is 38.4 Å². The first-order chi connectivity index (χ1) is 20.8. The van der Waals surface area contributed by atoms with E-state index in [-0.39, 0.29) is 6.10 Å². The van der Waals surface area contributed by atoms with Gasteiger partial charge in [0.1, 0.15) is 17.6 Å². The minimum absolute atomic E-state index is 0.285. The lowest BCUT2D eigenvalue weighted by atomic mass is 10.00. The van der Waals surface area contributed by atoms with E-state index in [1.54, 1.807) is 0 Å². The second kappa shape index (κ2) is 10.1. The van der Waals surface area contributed by atoms with E-state index in [2.05, 4.69) is 84.9 Å². The molecular formula is C39H26O3. The van der Waals surface area contributed by atoms with E-state index in [9.17, 15) is 0 Å². The molecule has 200 valence electrons. The third kappa shape index (κ3) is 4.23. The van der Waals surface area contributed by atoms with Crippen LogP contribution in [0.1, 0.15) is 17.2 Å².